The van der Waals surface area contributed by atoms with Crippen molar-refractivity contribution < 1.29 is 24.3 Å². The van der Waals surface area contributed by atoms with Crippen molar-refractivity contribution in [3.63, 3.8) is 0 Å². The standard InChI is InChI=1S/C34H38ClN5O5S2.CH2N4/c1-34(2,3)47-46-20-25(36)31(42)39(4)30-32(43)40(19-28(41)37-26(33(44)45)17-21-11-7-5-8-12-21)27-16-15-23(35)18-24(27)29(38-30)22-13-9-6-10-14-22;1-2-4-5-3-1/h5-16,18,25-26,30H,17,19-20,36H2,1-4H3,(H,37,41)(H,44,45);1H,(H,2,3,4,5)/t25?,26-,30?;/m0./s1. The van der Waals surface area contributed by atoms with Crippen LogP contribution in [-0.2, 0) is 25.6 Å². The van der Waals surface area contributed by atoms with Crippen LogP contribution in [0.3, 0.4) is 0 Å². The van der Waals surface area contributed by atoms with Gasteiger partial charge in [-0.1, -0.05) is 120 Å². The van der Waals surface area contributed by atoms with Crippen molar-refractivity contribution in [3.05, 3.63) is 107 Å². The van der Waals surface area contributed by atoms with E-state index < -0.39 is 48.5 Å². The topological polar surface area (TPSA) is 200 Å². The Bertz CT molecular complexity index is 1830. The summed E-state index contributed by atoms with van der Waals surface area (Å²) in [6.45, 7) is 5.64. The number of carboxylic acids is 1. The maximum absolute atomic E-state index is 14.4. The maximum Gasteiger partial charge on any atom is 0.326 e. The van der Waals surface area contributed by atoms with Gasteiger partial charge in [0.05, 0.1) is 17.4 Å². The van der Waals surface area contributed by atoms with E-state index in [0.29, 0.717) is 33.3 Å². The molecule has 1 aliphatic heterocycles. The van der Waals surface area contributed by atoms with Crippen LogP contribution in [0, 0.1) is 0 Å². The number of nitrogens with two attached hydrogens (primary N) is 1. The molecule has 4 aromatic rings. The number of likely N-dealkylation sites (N-methyl/N-ethyl adjacent to an activating group) is 1. The lowest BCUT2D eigenvalue weighted by atomic mass is 10.00. The second kappa shape index (κ2) is 18.6. The fourth-order valence-electron chi connectivity index (χ4n) is 4.98. The average Bonchev–Trinajstić information content (AvgIpc) is 3.68. The molecule has 14 nitrogen and oxygen atoms in total. The highest BCUT2D eigenvalue weighted by Gasteiger charge is 2.38. The Hall–Kier alpha value is -4.77. The van der Waals surface area contributed by atoms with Crippen LogP contribution in [0.4, 0.5) is 5.69 Å². The quantitative estimate of drug-likeness (QED) is 0.153. The van der Waals surface area contributed by atoms with Crippen molar-refractivity contribution in [2.75, 3.05) is 24.2 Å². The van der Waals surface area contributed by atoms with Gasteiger partial charge in [0.2, 0.25) is 18.0 Å². The molecule has 0 bridgehead atoms. The molecule has 0 fully saturated rings. The molecule has 2 unspecified atom stereocenters. The highest BCUT2D eigenvalue weighted by molar-refractivity contribution is 8.77. The van der Waals surface area contributed by atoms with Gasteiger partial charge in [-0.05, 0) is 23.8 Å². The molecule has 3 amide bonds. The minimum atomic E-state index is -1.39. The van der Waals surface area contributed by atoms with Crippen molar-refractivity contribution in [2.45, 2.75) is 50.2 Å². The monoisotopic (exact) mass is 765 g/mol. The fourth-order valence-corrected chi connectivity index (χ4v) is 7.57. The second-order valence-corrected chi connectivity index (χ2v) is 16.2. The Morgan fingerprint density at radius 3 is 2.33 bits per heavy atom. The van der Waals surface area contributed by atoms with E-state index in [1.807, 2.05) is 36.4 Å². The molecular weight excluding hydrogens is 726 g/mol. The second-order valence-electron chi connectivity index (χ2n) is 12.5. The number of rotatable bonds is 12. The molecule has 1 aliphatic rings. The number of tetrazole rings is 1. The van der Waals surface area contributed by atoms with E-state index in [0.717, 1.165) is 5.56 Å². The summed E-state index contributed by atoms with van der Waals surface area (Å²) in [5, 5.41) is 25.0. The van der Waals surface area contributed by atoms with Crippen LogP contribution in [0.1, 0.15) is 37.5 Å². The van der Waals surface area contributed by atoms with Crippen molar-refractivity contribution in [2.24, 2.45) is 10.7 Å². The largest absolute Gasteiger partial charge is 0.480 e. The number of benzodiazepines with no additional fused rings is 1. The first-order valence-electron chi connectivity index (χ1n) is 16.0. The third-order valence-corrected chi connectivity index (χ3v) is 11.0. The van der Waals surface area contributed by atoms with Gasteiger partial charge in [0, 0.05) is 40.1 Å². The zero-order valence-electron chi connectivity index (χ0n) is 29.0. The fraction of sp³-hybridized carbons (Fsp3) is 0.314. The Kier molecular flexibility index (Phi) is 14.3. The summed E-state index contributed by atoms with van der Waals surface area (Å²) in [6, 6.07) is 20.7. The molecule has 0 radical (unpaired) electrons. The summed E-state index contributed by atoms with van der Waals surface area (Å²) in [5.74, 6) is -2.77. The first-order valence-corrected chi connectivity index (χ1v) is 18.7. The minimum absolute atomic E-state index is 0.0413. The molecule has 0 saturated heterocycles. The highest BCUT2D eigenvalue weighted by Crippen LogP contribution is 2.35. The molecule has 17 heteroatoms. The molecule has 3 aromatic carbocycles. The van der Waals surface area contributed by atoms with Crippen molar-refractivity contribution in [3.8, 4) is 0 Å². The molecule has 0 spiro atoms. The number of amides is 3. The molecule has 52 heavy (non-hydrogen) atoms. The zero-order valence-corrected chi connectivity index (χ0v) is 31.4. The number of nitrogens with one attached hydrogen (secondary N) is 2. The lowest BCUT2D eigenvalue weighted by Crippen LogP contribution is -2.55. The van der Waals surface area contributed by atoms with Crippen molar-refractivity contribution in [1.82, 2.24) is 30.8 Å². The van der Waals surface area contributed by atoms with Gasteiger partial charge in [-0.15, -0.1) is 10.2 Å². The van der Waals surface area contributed by atoms with Gasteiger partial charge >= 0.3 is 5.97 Å². The van der Waals surface area contributed by atoms with Crippen LogP contribution in [-0.4, -0.2) is 102 Å². The number of hydrogen-bond donors (Lipinski definition) is 4. The molecule has 5 N–H and O–H groups in total. The van der Waals surface area contributed by atoms with Crippen LogP contribution < -0.4 is 16.0 Å². The van der Waals surface area contributed by atoms with E-state index >= 15 is 0 Å². The Morgan fingerprint density at radius 2 is 1.75 bits per heavy atom. The Balaban J connectivity index is 0.00000111. The molecule has 2 heterocycles. The van der Waals surface area contributed by atoms with Gasteiger partial charge in [-0.3, -0.25) is 19.3 Å². The molecule has 1 aromatic heterocycles. The summed E-state index contributed by atoms with van der Waals surface area (Å²) in [6.07, 6.45) is -0.00496. The van der Waals surface area contributed by atoms with Crippen LogP contribution in [0.5, 0.6) is 0 Å². The number of H-pyrrole nitrogens is 1. The van der Waals surface area contributed by atoms with Crippen LogP contribution in [0.25, 0.3) is 0 Å². The van der Waals surface area contributed by atoms with Gasteiger partial charge in [0.25, 0.3) is 5.91 Å². The number of aromatic amines is 1. The number of benzene rings is 3. The average molecular weight is 766 g/mol. The number of carbonyl (C=O) groups is 4. The van der Waals surface area contributed by atoms with Gasteiger partial charge in [0.15, 0.2) is 6.33 Å². The molecule has 0 aliphatic carbocycles. The van der Waals surface area contributed by atoms with Crippen LogP contribution in [0.15, 0.2) is 90.2 Å². The minimum Gasteiger partial charge on any atom is -0.480 e. The predicted molar refractivity (Wildman–Crippen MR) is 204 cm³/mol. The van der Waals surface area contributed by atoms with Gasteiger partial charge in [-0.25, -0.2) is 9.79 Å². The van der Waals surface area contributed by atoms with Crippen molar-refractivity contribution >= 4 is 68.3 Å². The number of aromatic nitrogens is 4. The van der Waals surface area contributed by atoms with Crippen LogP contribution in [0.2, 0.25) is 5.02 Å². The van der Waals surface area contributed by atoms with E-state index in [1.54, 1.807) is 53.3 Å². The Labute approximate surface area is 314 Å². The summed E-state index contributed by atoms with van der Waals surface area (Å²) in [7, 11) is 4.53. The number of aliphatic imine (C=N–C) groups is 1. The normalized spacial score (nSPS) is 15.2. The van der Waals surface area contributed by atoms with Crippen LogP contribution >= 0.6 is 33.2 Å². The first-order chi connectivity index (χ1) is 24.7. The Morgan fingerprint density at radius 1 is 1.08 bits per heavy atom. The third kappa shape index (κ3) is 11.4. The highest BCUT2D eigenvalue weighted by atomic mass is 35.5. The number of carboxylic acid groups (broad SMARTS) is 1. The number of halogens is 1. The summed E-state index contributed by atoms with van der Waals surface area (Å²) < 4.78 is -0.0413. The van der Waals surface area contributed by atoms with E-state index in [4.69, 9.17) is 22.3 Å². The summed E-state index contributed by atoms with van der Waals surface area (Å²) >= 11 is 6.44. The number of fused-ring (bicyclic) bond motifs is 1. The number of anilines is 1. The lowest BCUT2D eigenvalue weighted by Gasteiger charge is -2.30. The molecular formula is C35H40ClN9O5S2. The zero-order chi connectivity index (χ0) is 37.8. The van der Waals surface area contributed by atoms with E-state index in [9.17, 15) is 24.3 Å². The maximum atomic E-state index is 14.4. The number of carbonyl (C=O) groups excluding carboxylic acids is 3. The van der Waals surface area contributed by atoms with Gasteiger partial charge < -0.3 is 21.1 Å². The first kappa shape index (κ1) is 40.0. The lowest BCUT2D eigenvalue weighted by molar-refractivity contribution is -0.141. The molecule has 3 atom stereocenters. The van der Waals surface area contributed by atoms with Gasteiger partial charge in [0.1, 0.15) is 12.6 Å². The molecule has 274 valence electrons. The van der Waals surface area contributed by atoms with E-state index in [-0.39, 0.29) is 11.2 Å². The van der Waals surface area contributed by atoms with E-state index in [1.165, 1.54) is 34.0 Å². The van der Waals surface area contributed by atoms with Gasteiger partial charge in [-0.2, -0.15) is 5.21 Å². The van der Waals surface area contributed by atoms with Crippen molar-refractivity contribution in [1.29, 1.82) is 0 Å². The molecule has 5 rings (SSSR count). The molecule has 0 saturated carbocycles. The summed E-state index contributed by atoms with van der Waals surface area (Å²) in [4.78, 5) is 60.8. The number of aliphatic carboxylic acids is 1. The smallest absolute Gasteiger partial charge is 0.326 e. The summed E-state index contributed by atoms with van der Waals surface area (Å²) in [5.41, 5.74) is 8.89. The number of hydrogen-bond acceptors (Lipinski definition) is 11. The predicted octanol–water partition coefficient (Wildman–Crippen LogP) is 3.83. The van der Waals surface area contributed by atoms with E-state index in [2.05, 4.69) is 46.7 Å². The third-order valence-electron chi connectivity index (χ3n) is 7.37. The SMILES string of the molecule is CN(C(=O)C(N)CSSC(C)(C)C)C1N=C(c2ccccc2)c2cc(Cl)ccc2N(CC(=O)N[C@@H](Cc2ccccc2)C(=O)O)C1=O.c1nn[nH]n1. The number of nitrogens with zero attached hydrogens (tertiary/aromatic N) is 6.